The summed E-state index contributed by atoms with van der Waals surface area (Å²) in [5.74, 6) is -0.0213. The fourth-order valence-corrected chi connectivity index (χ4v) is 3.61. The molecule has 0 radical (unpaired) electrons. The predicted octanol–water partition coefficient (Wildman–Crippen LogP) is 0.555. The maximum absolute atomic E-state index is 11.8. The number of hydrogen-bond donors (Lipinski definition) is 3. The number of benzene rings is 1. The fourth-order valence-electron chi connectivity index (χ4n) is 2.36. The van der Waals surface area contributed by atoms with E-state index in [1.165, 1.54) is 4.31 Å². The number of H-pyrrole nitrogens is 1. The topological polar surface area (TPSA) is 98.3 Å². The molecule has 3 rings (SSSR count). The lowest BCUT2D eigenvalue weighted by Crippen LogP contribution is -2.29. The Morgan fingerprint density at radius 3 is 2.71 bits per heavy atom. The van der Waals surface area contributed by atoms with Crippen LogP contribution in [0.4, 0.5) is 5.69 Å². The summed E-state index contributed by atoms with van der Waals surface area (Å²) < 4.78 is 27.1. The minimum Gasteiger partial charge on any atom is -0.506 e. The van der Waals surface area contributed by atoms with Gasteiger partial charge in [-0.15, -0.1) is 0 Å². The molecule has 8 heteroatoms. The molecule has 7 nitrogen and oxygen atoms in total. The lowest BCUT2D eigenvalue weighted by atomic mass is 10.1. The molecule has 1 aliphatic rings. The summed E-state index contributed by atoms with van der Waals surface area (Å²) in [6, 6.07) is 5.09. The first-order chi connectivity index (χ1) is 10.1. The quantitative estimate of drug-likeness (QED) is 0.768. The molecule has 0 spiro atoms. The van der Waals surface area contributed by atoms with Crippen molar-refractivity contribution in [2.75, 3.05) is 17.4 Å². The van der Waals surface area contributed by atoms with E-state index >= 15 is 0 Å². The van der Waals surface area contributed by atoms with Crippen LogP contribution in [0.5, 0.6) is 5.75 Å². The van der Waals surface area contributed by atoms with E-state index < -0.39 is 10.2 Å². The van der Waals surface area contributed by atoms with Crippen molar-refractivity contribution >= 4 is 15.9 Å². The number of phenols is 1. The number of rotatable bonds is 4. The monoisotopic (exact) mass is 308 g/mol. The summed E-state index contributed by atoms with van der Waals surface area (Å²) in [5.41, 5.74) is 2.35. The van der Waals surface area contributed by atoms with Crippen molar-refractivity contribution in [1.29, 1.82) is 0 Å². The van der Waals surface area contributed by atoms with Crippen molar-refractivity contribution in [3.05, 3.63) is 41.7 Å². The molecule has 0 aliphatic carbocycles. The molecule has 2 heterocycles. The van der Waals surface area contributed by atoms with E-state index in [0.717, 1.165) is 24.0 Å². The molecule has 0 bridgehead atoms. The number of nitrogens with zero attached hydrogens (tertiary/aromatic N) is 2. The van der Waals surface area contributed by atoms with Gasteiger partial charge < -0.3 is 5.11 Å². The maximum Gasteiger partial charge on any atom is 0.301 e. The van der Waals surface area contributed by atoms with Gasteiger partial charge in [-0.05, 0) is 36.1 Å². The second kappa shape index (κ2) is 5.38. The van der Waals surface area contributed by atoms with Crippen molar-refractivity contribution < 1.29 is 13.5 Å². The predicted molar refractivity (Wildman–Crippen MR) is 78.4 cm³/mol. The van der Waals surface area contributed by atoms with Gasteiger partial charge >= 0.3 is 10.2 Å². The molecule has 1 fully saturated rings. The highest BCUT2D eigenvalue weighted by Gasteiger charge is 2.29. The Labute approximate surface area is 122 Å². The summed E-state index contributed by atoms with van der Waals surface area (Å²) in [6.45, 7) is 0.675. The maximum atomic E-state index is 11.8. The standard InChI is InChI=1S/C13H16N4O3S/c18-13-7-10(1-2-11-8-14-15-9-11)3-4-12(13)17-6-5-16-21(17,19)20/h3-4,7-9,16,18H,1-2,5-6H2,(H,14,15). The highest BCUT2D eigenvalue weighted by atomic mass is 32.2. The van der Waals surface area contributed by atoms with Crippen molar-refractivity contribution in [3.63, 3.8) is 0 Å². The summed E-state index contributed by atoms with van der Waals surface area (Å²) in [5, 5.41) is 16.7. The molecule has 1 aromatic carbocycles. The third-order valence-electron chi connectivity index (χ3n) is 3.46. The van der Waals surface area contributed by atoms with E-state index in [1.807, 2.05) is 12.3 Å². The van der Waals surface area contributed by atoms with Crippen molar-refractivity contribution in [1.82, 2.24) is 14.9 Å². The van der Waals surface area contributed by atoms with E-state index in [1.54, 1.807) is 18.3 Å². The number of aryl methyl sites for hydroxylation is 2. The smallest absolute Gasteiger partial charge is 0.301 e. The molecular weight excluding hydrogens is 292 g/mol. The molecule has 0 atom stereocenters. The van der Waals surface area contributed by atoms with Crippen LogP contribution in [0, 0.1) is 0 Å². The van der Waals surface area contributed by atoms with E-state index in [4.69, 9.17) is 0 Å². The number of anilines is 1. The zero-order valence-corrected chi connectivity index (χ0v) is 12.1. The zero-order valence-electron chi connectivity index (χ0n) is 11.3. The highest BCUT2D eigenvalue weighted by Crippen LogP contribution is 2.31. The van der Waals surface area contributed by atoms with E-state index in [2.05, 4.69) is 14.9 Å². The van der Waals surface area contributed by atoms with Gasteiger partial charge in [0, 0.05) is 19.3 Å². The SMILES string of the molecule is O=S1(=O)NCCN1c1ccc(CCc2cn[nH]c2)cc1O. The molecule has 0 unspecified atom stereocenters. The van der Waals surface area contributed by atoms with Gasteiger partial charge in [0.15, 0.2) is 0 Å². The number of aromatic nitrogens is 2. The highest BCUT2D eigenvalue weighted by molar-refractivity contribution is 7.91. The van der Waals surface area contributed by atoms with Gasteiger partial charge in [-0.25, -0.2) is 0 Å². The van der Waals surface area contributed by atoms with Crippen LogP contribution >= 0.6 is 0 Å². The van der Waals surface area contributed by atoms with E-state index in [9.17, 15) is 13.5 Å². The van der Waals surface area contributed by atoms with Crippen LogP contribution in [0.3, 0.4) is 0 Å². The first-order valence-corrected chi connectivity index (χ1v) is 8.07. The molecule has 21 heavy (non-hydrogen) atoms. The summed E-state index contributed by atoms with van der Waals surface area (Å²) in [7, 11) is -3.51. The van der Waals surface area contributed by atoms with Crippen LogP contribution in [-0.2, 0) is 23.1 Å². The Balaban J connectivity index is 1.77. The first-order valence-electron chi connectivity index (χ1n) is 6.63. The van der Waals surface area contributed by atoms with Gasteiger partial charge in [-0.2, -0.15) is 18.2 Å². The van der Waals surface area contributed by atoms with Crippen LogP contribution in [-0.4, -0.2) is 36.8 Å². The summed E-state index contributed by atoms with van der Waals surface area (Å²) in [4.78, 5) is 0. The number of nitrogens with one attached hydrogen (secondary N) is 2. The molecule has 1 aromatic heterocycles. The third-order valence-corrected chi connectivity index (χ3v) is 4.98. The van der Waals surface area contributed by atoms with Gasteiger partial charge in [0.2, 0.25) is 0 Å². The summed E-state index contributed by atoms with van der Waals surface area (Å²) in [6.07, 6.45) is 5.14. The fraction of sp³-hybridized carbons (Fsp3) is 0.308. The van der Waals surface area contributed by atoms with Gasteiger partial charge in [0.05, 0.1) is 11.9 Å². The Morgan fingerprint density at radius 2 is 2.10 bits per heavy atom. The Kier molecular flexibility index (Phi) is 3.56. The van der Waals surface area contributed by atoms with Gasteiger partial charge in [-0.1, -0.05) is 6.07 Å². The first kappa shape index (κ1) is 13.9. The normalized spacial score (nSPS) is 17.2. The minimum atomic E-state index is -3.51. The van der Waals surface area contributed by atoms with Crippen molar-refractivity contribution in [2.45, 2.75) is 12.8 Å². The van der Waals surface area contributed by atoms with Gasteiger partial charge in [0.1, 0.15) is 5.75 Å². The van der Waals surface area contributed by atoms with Crippen LogP contribution in [0.1, 0.15) is 11.1 Å². The summed E-state index contributed by atoms with van der Waals surface area (Å²) >= 11 is 0. The molecule has 3 N–H and O–H groups in total. The van der Waals surface area contributed by atoms with Crippen LogP contribution in [0.2, 0.25) is 0 Å². The average Bonchev–Trinajstić information content (AvgIpc) is 3.06. The number of hydrogen-bond acceptors (Lipinski definition) is 4. The largest absolute Gasteiger partial charge is 0.506 e. The van der Waals surface area contributed by atoms with Gasteiger partial charge in [0.25, 0.3) is 0 Å². The Hall–Kier alpha value is -2.06. The van der Waals surface area contributed by atoms with Crippen LogP contribution < -0.4 is 9.03 Å². The second-order valence-electron chi connectivity index (χ2n) is 4.90. The molecule has 112 valence electrons. The van der Waals surface area contributed by atoms with E-state index in [-0.39, 0.29) is 5.75 Å². The molecule has 1 saturated heterocycles. The minimum absolute atomic E-state index is 0.0213. The number of aromatic amines is 1. The van der Waals surface area contributed by atoms with Crippen molar-refractivity contribution in [3.8, 4) is 5.75 Å². The third kappa shape index (κ3) is 2.86. The average molecular weight is 308 g/mol. The molecule has 2 aromatic rings. The van der Waals surface area contributed by atoms with Gasteiger partial charge in [-0.3, -0.25) is 9.40 Å². The molecule has 0 amide bonds. The van der Waals surface area contributed by atoms with E-state index in [0.29, 0.717) is 18.8 Å². The molecule has 0 saturated carbocycles. The number of aromatic hydroxyl groups is 1. The lowest BCUT2D eigenvalue weighted by Gasteiger charge is -2.17. The number of phenolic OH excluding ortho intramolecular Hbond substituents is 1. The Morgan fingerprint density at radius 1 is 1.29 bits per heavy atom. The lowest BCUT2D eigenvalue weighted by molar-refractivity contribution is 0.475. The Bertz CT molecular complexity index is 728. The van der Waals surface area contributed by atoms with Crippen molar-refractivity contribution in [2.24, 2.45) is 0 Å². The second-order valence-corrected chi connectivity index (χ2v) is 6.58. The zero-order chi connectivity index (χ0) is 14.9. The molecule has 1 aliphatic heterocycles. The van der Waals surface area contributed by atoms with Crippen LogP contribution in [0.25, 0.3) is 0 Å². The van der Waals surface area contributed by atoms with Crippen LogP contribution in [0.15, 0.2) is 30.6 Å². The molecular formula is C13H16N4O3S.